The predicted octanol–water partition coefficient (Wildman–Crippen LogP) is 3.94. The highest BCUT2D eigenvalue weighted by Gasteiger charge is 2.23. The predicted molar refractivity (Wildman–Crippen MR) is 98.9 cm³/mol. The summed E-state index contributed by atoms with van der Waals surface area (Å²) >= 11 is 1.59. The van der Waals surface area contributed by atoms with Gasteiger partial charge in [-0.3, -0.25) is 4.79 Å². The lowest BCUT2D eigenvalue weighted by Gasteiger charge is -2.31. The van der Waals surface area contributed by atoms with Crippen LogP contribution in [-0.2, 0) is 0 Å². The Balaban J connectivity index is 1.35. The van der Waals surface area contributed by atoms with E-state index in [1.54, 1.807) is 35.6 Å². The van der Waals surface area contributed by atoms with Crippen molar-refractivity contribution in [3.8, 4) is 11.3 Å². The molecule has 26 heavy (non-hydrogen) atoms. The number of carbonyl (C=O) groups is 1. The largest absolute Gasteiger partial charge is 0.459 e. The molecule has 134 valence electrons. The van der Waals surface area contributed by atoms with E-state index in [1.807, 2.05) is 5.38 Å². The average molecular weight is 371 g/mol. The molecule has 1 aliphatic rings. The van der Waals surface area contributed by atoms with Crippen molar-refractivity contribution in [3.63, 3.8) is 0 Å². The van der Waals surface area contributed by atoms with E-state index < -0.39 is 0 Å². The summed E-state index contributed by atoms with van der Waals surface area (Å²) in [6, 6.07) is 9.88. The summed E-state index contributed by atoms with van der Waals surface area (Å²) in [6.07, 6.45) is 3.22. The lowest BCUT2D eigenvalue weighted by molar-refractivity contribution is 0.0903. The highest BCUT2D eigenvalue weighted by Crippen LogP contribution is 2.29. The van der Waals surface area contributed by atoms with Gasteiger partial charge < -0.3 is 14.6 Å². The maximum absolute atomic E-state index is 13.1. The topological polar surface area (TPSA) is 58.4 Å². The number of anilines is 1. The van der Waals surface area contributed by atoms with Crippen LogP contribution in [0, 0.1) is 5.82 Å². The Hall–Kier alpha value is -2.67. The van der Waals surface area contributed by atoms with Gasteiger partial charge >= 0.3 is 0 Å². The lowest BCUT2D eigenvalue weighted by atomic mass is 10.1. The number of hydrogen-bond acceptors (Lipinski definition) is 5. The first-order valence-corrected chi connectivity index (χ1v) is 9.38. The molecule has 5 nitrogen and oxygen atoms in total. The number of thiazole rings is 1. The fourth-order valence-corrected chi connectivity index (χ4v) is 3.93. The van der Waals surface area contributed by atoms with Crippen molar-refractivity contribution in [2.24, 2.45) is 0 Å². The fourth-order valence-electron chi connectivity index (χ4n) is 3.04. The summed E-state index contributed by atoms with van der Waals surface area (Å²) in [5.74, 6) is -0.0690. The van der Waals surface area contributed by atoms with Gasteiger partial charge in [-0.05, 0) is 49.2 Å². The van der Waals surface area contributed by atoms with Crippen molar-refractivity contribution < 1.29 is 13.6 Å². The van der Waals surface area contributed by atoms with Crippen molar-refractivity contribution in [2.45, 2.75) is 18.9 Å². The van der Waals surface area contributed by atoms with Gasteiger partial charge in [0, 0.05) is 30.1 Å². The lowest BCUT2D eigenvalue weighted by Crippen LogP contribution is -2.44. The molecule has 3 heterocycles. The summed E-state index contributed by atoms with van der Waals surface area (Å²) in [7, 11) is 0. The standard InChI is InChI=1S/C19H18FN3O2S/c20-14-5-3-13(4-6-14)16-12-26-19(22-16)23-9-7-15(8-10-23)21-18(24)17-2-1-11-25-17/h1-6,11-12,15H,7-10H2,(H,21,24). The normalized spacial score (nSPS) is 15.2. The third-order valence-electron chi connectivity index (χ3n) is 4.48. The van der Waals surface area contributed by atoms with Crippen LogP contribution in [0.3, 0.4) is 0 Å². The summed E-state index contributed by atoms with van der Waals surface area (Å²) in [6.45, 7) is 1.67. The first-order valence-electron chi connectivity index (χ1n) is 8.50. The fraction of sp³-hybridized carbons (Fsp3) is 0.263. The van der Waals surface area contributed by atoms with Crippen LogP contribution in [0.4, 0.5) is 9.52 Å². The Morgan fingerprint density at radius 3 is 2.69 bits per heavy atom. The minimum Gasteiger partial charge on any atom is -0.459 e. The van der Waals surface area contributed by atoms with E-state index in [0.717, 1.165) is 42.3 Å². The van der Waals surface area contributed by atoms with E-state index in [1.165, 1.54) is 18.4 Å². The van der Waals surface area contributed by atoms with Crippen LogP contribution >= 0.6 is 11.3 Å². The molecule has 0 unspecified atom stereocenters. The van der Waals surface area contributed by atoms with Gasteiger partial charge in [-0.25, -0.2) is 9.37 Å². The molecule has 1 aliphatic heterocycles. The van der Waals surface area contributed by atoms with Crippen molar-refractivity contribution >= 4 is 22.4 Å². The van der Waals surface area contributed by atoms with Crippen molar-refractivity contribution in [2.75, 3.05) is 18.0 Å². The number of rotatable bonds is 4. The SMILES string of the molecule is O=C(NC1CCN(c2nc(-c3ccc(F)cc3)cs2)CC1)c1ccco1. The molecule has 0 spiro atoms. The molecule has 1 N–H and O–H groups in total. The highest BCUT2D eigenvalue weighted by atomic mass is 32.1. The molecule has 1 fully saturated rings. The van der Waals surface area contributed by atoms with E-state index in [4.69, 9.17) is 4.42 Å². The number of carbonyl (C=O) groups excluding carboxylic acids is 1. The van der Waals surface area contributed by atoms with E-state index in [2.05, 4.69) is 15.2 Å². The van der Waals surface area contributed by atoms with Crippen LogP contribution in [-0.4, -0.2) is 30.0 Å². The maximum Gasteiger partial charge on any atom is 0.287 e. The molecule has 3 aromatic rings. The van der Waals surface area contributed by atoms with E-state index in [9.17, 15) is 9.18 Å². The number of halogens is 1. The van der Waals surface area contributed by atoms with Crippen LogP contribution in [0.5, 0.6) is 0 Å². The van der Waals surface area contributed by atoms with Crippen molar-refractivity contribution in [1.29, 1.82) is 0 Å². The zero-order valence-corrected chi connectivity index (χ0v) is 14.8. The van der Waals surface area contributed by atoms with Gasteiger partial charge in [0.05, 0.1) is 12.0 Å². The molecule has 4 rings (SSSR count). The number of nitrogens with one attached hydrogen (secondary N) is 1. The molecule has 0 aliphatic carbocycles. The Morgan fingerprint density at radius 1 is 1.23 bits per heavy atom. The number of nitrogens with zero attached hydrogens (tertiary/aromatic N) is 2. The molecule has 1 saturated heterocycles. The summed E-state index contributed by atoms with van der Waals surface area (Å²) in [5.41, 5.74) is 1.77. The molecule has 0 bridgehead atoms. The average Bonchev–Trinajstić information content (AvgIpc) is 3.35. The molecule has 0 saturated carbocycles. The Bertz CT molecular complexity index is 869. The van der Waals surface area contributed by atoms with Gasteiger partial charge in [-0.1, -0.05) is 0 Å². The van der Waals surface area contributed by atoms with Crippen LogP contribution in [0.1, 0.15) is 23.4 Å². The van der Waals surface area contributed by atoms with E-state index in [0.29, 0.717) is 5.76 Å². The first kappa shape index (κ1) is 16.8. The smallest absolute Gasteiger partial charge is 0.287 e. The molecule has 1 amide bonds. The number of piperidine rings is 1. The highest BCUT2D eigenvalue weighted by molar-refractivity contribution is 7.14. The summed E-state index contributed by atoms with van der Waals surface area (Å²) in [4.78, 5) is 19.0. The van der Waals surface area contributed by atoms with Crippen molar-refractivity contribution in [1.82, 2.24) is 10.3 Å². The van der Waals surface area contributed by atoms with Crippen LogP contribution in [0.15, 0.2) is 52.5 Å². The summed E-state index contributed by atoms with van der Waals surface area (Å²) in [5, 5.41) is 5.97. The molecule has 0 atom stereocenters. The molecule has 1 aromatic carbocycles. The molecule has 7 heteroatoms. The number of aromatic nitrogens is 1. The van der Waals surface area contributed by atoms with Gasteiger partial charge in [-0.2, -0.15) is 0 Å². The number of amides is 1. The van der Waals surface area contributed by atoms with Gasteiger partial charge in [0.25, 0.3) is 5.91 Å². The van der Waals surface area contributed by atoms with Crippen LogP contribution < -0.4 is 10.2 Å². The van der Waals surface area contributed by atoms with Crippen LogP contribution in [0.2, 0.25) is 0 Å². The number of hydrogen-bond donors (Lipinski definition) is 1. The third-order valence-corrected chi connectivity index (χ3v) is 5.38. The van der Waals surface area contributed by atoms with Gasteiger partial charge in [0.2, 0.25) is 0 Å². The quantitative estimate of drug-likeness (QED) is 0.755. The summed E-state index contributed by atoms with van der Waals surface area (Å²) < 4.78 is 18.2. The molecule has 2 aromatic heterocycles. The number of furan rings is 1. The second kappa shape index (κ2) is 7.29. The van der Waals surface area contributed by atoms with Crippen LogP contribution in [0.25, 0.3) is 11.3 Å². The second-order valence-corrected chi connectivity index (χ2v) is 7.07. The molecular formula is C19H18FN3O2S. The van der Waals surface area contributed by atoms with E-state index in [-0.39, 0.29) is 17.8 Å². The Morgan fingerprint density at radius 2 is 2.00 bits per heavy atom. The van der Waals surface area contributed by atoms with Gasteiger partial charge in [0.1, 0.15) is 5.82 Å². The van der Waals surface area contributed by atoms with E-state index >= 15 is 0 Å². The first-order chi connectivity index (χ1) is 12.7. The minimum atomic E-state index is -0.247. The Labute approximate surface area is 154 Å². The number of benzene rings is 1. The zero-order valence-electron chi connectivity index (χ0n) is 14.0. The van der Waals surface area contributed by atoms with Gasteiger partial charge in [0.15, 0.2) is 10.9 Å². The van der Waals surface area contributed by atoms with Gasteiger partial charge in [-0.15, -0.1) is 11.3 Å². The molecular weight excluding hydrogens is 353 g/mol. The maximum atomic E-state index is 13.1. The Kier molecular flexibility index (Phi) is 4.71. The minimum absolute atomic E-state index is 0.139. The third kappa shape index (κ3) is 3.62. The zero-order chi connectivity index (χ0) is 17.9. The molecule has 0 radical (unpaired) electrons. The monoisotopic (exact) mass is 371 g/mol. The van der Waals surface area contributed by atoms with Crippen molar-refractivity contribution in [3.05, 3.63) is 59.6 Å². The second-order valence-electron chi connectivity index (χ2n) is 6.23.